The lowest BCUT2D eigenvalue weighted by atomic mass is 10.2. The maximum atomic E-state index is 11.8. The highest BCUT2D eigenvalue weighted by Gasteiger charge is 2.18. The number of halogens is 2. The molecule has 0 amide bonds. The summed E-state index contributed by atoms with van der Waals surface area (Å²) < 4.78 is 7.49. The molecule has 2 N–H and O–H groups in total. The lowest BCUT2D eigenvalue weighted by Crippen LogP contribution is -2.30. The molecule has 6 nitrogen and oxygen atoms in total. The predicted molar refractivity (Wildman–Crippen MR) is 115 cm³/mol. The first-order chi connectivity index (χ1) is 13.8. The lowest BCUT2D eigenvalue weighted by Gasteiger charge is -2.17. The first kappa shape index (κ1) is 21.5. The van der Waals surface area contributed by atoms with E-state index in [1.807, 2.05) is 31.1 Å². The Balaban J connectivity index is 1.96. The second kappa shape index (κ2) is 9.05. The first-order valence-corrected chi connectivity index (χ1v) is 9.77. The van der Waals surface area contributed by atoms with Crippen molar-refractivity contribution in [1.82, 2.24) is 9.47 Å². The van der Waals surface area contributed by atoms with Gasteiger partial charge in [0, 0.05) is 18.5 Å². The van der Waals surface area contributed by atoms with Gasteiger partial charge in [-0.3, -0.25) is 0 Å². The number of ether oxygens (including phenoxy) is 1. The van der Waals surface area contributed by atoms with E-state index in [1.54, 1.807) is 34.9 Å². The van der Waals surface area contributed by atoms with Crippen LogP contribution in [0.25, 0.3) is 10.9 Å². The fourth-order valence-electron chi connectivity index (χ4n) is 3.21. The number of aromatic carboxylic acids is 1. The Bertz CT molecular complexity index is 1030. The number of likely N-dealkylation sites (N-methyl/N-ethyl adjacent to an activating group) is 1. The van der Waals surface area contributed by atoms with Gasteiger partial charge in [0.25, 0.3) is 0 Å². The van der Waals surface area contributed by atoms with Crippen molar-refractivity contribution in [1.29, 1.82) is 0 Å². The van der Waals surface area contributed by atoms with Crippen LogP contribution in [0.3, 0.4) is 0 Å². The highest BCUT2D eigenvalue weighted by atomic mass is 35.5. The van der Waals surface area contributed by atoms with Crippen molar-refractivity contribution < 1.29 is 19.7 Å². The van der Waals surface area contributed by atoms with E-state index in [1.165, 1.54) is 0 Å². The van der Waals surface area contributed by atoms with Crippen molar-refractivity contribution >= 4 is 40.1 Å². The minimum Gasteiger partial charge on any atom is -0.490 e. The summed E-state index contributed by atoms with van der Waals surface area (Å²) in [6, 6.07) is 12.2. The number of nitrogens with zero attached hydrogens (tertiary/aromatic N) is 2. The minimum absolute atomic E-state index is 0.109. The molecule has 3 rings (SSSR count). The van der Waals surface area contributed by atoms with Gasteiger partial charge in [0.15, 0.2) is 0 Å². The SMILES string of the molecule is CN(C)CC(O)COc1cccc2c1cc(C(=O)O)n2Cc1ccc(Cl)c(Cl)c1. The molecule has 0 aliphatic rings. The molecule has 0 aliphatic carbocycles. The van der Waals surface area contributed by atoms with E-state index in [2.05, 4.69) is 0 Å². The van der Waals surface area contributed by atoms with Crippen LogP contribution in [0.5, 0.6) is 5.75 Å². The zero-order chi connectivity index (χ0) is 21.1. The average Bonchev–Trinajstić information content (AvgIpc) is 3.02. The molecule has 1 heterocycles. The van der Waals surface area contributed by atoms with Gasteiger partial charge in [-0.05, 0) is 50.0 Å². The number of aliphatic hydroxyl groups excluding tert-OH is 1. The first-order valence-electron chi connectivity index (χ1n) is 9.01. The highest BCUT2D eigenvalue weighted by Crippen LogP contribution is 2.31. The third-order valence-electron chi connectivity index (χ3n) is 4.46. The van der Waals surface area contributed by atoms with E-state index in [4.69, 9.17) is 27.9 Å². The molecule has 0 fully saturated rings. The van der Waals surface area contributed by atoms with Crippen LogP contribution in [0.4, 0.5) is 0 Å². The molecule has 0 radical (unpaired) electrons. The normalized spacial score (nSPS) is 12.5. The summed E-state index contributed by atoms with van der Waals surface area (Å²) in [4.78, 5) is 13.7. The monoisotopic (exact) mass is 436 g/mol. The zero-order valence-corrected chi connectivity index (χ0v) is 17.6. The molecule has 154 valence electrons. The Kier molecular flexibility index (Phi) is 6.70. The zero-order valence-electron chi connectivity index (χ0n) is 16.1. The van der Waals surface area contributed by atoms with Crippen LogP contribution in [0, 0.1) is 0 Å². The summed E-state index contributed by atoms with van der Waals surface area (Å²) in [7, 11) is 3.73. The van der Waals surface area contributed by atoms with Crippen LogP contribution < -0.4 is 4.74 Å². The molecule has 0 saturated heterocycles. The standard InChI is InChI=1S/C21H22Cl2N2O4/c1-24(2)11-14(26)12-29-20-5-3-4-18-15(20)9-19(21(27)28)25(18)10-13-6-7-16(22)17(23)8-13/h3-9,14,26H,10-12H2,1-2H3,(H,27,28). The van der Waals surface area contributed by atoms with Crippen molar-refractivity contribution in [3.05, 3.63) is 63.8 Å². The molecule has 1 atom stereocenters. The maximum Gasteiger partial charge on any atom is 0.352 e. The van der Waals surface area contributed by atoms with E-state index >= 15 is 0 Å². The van der Waals surface area contributed by atoms with Crippen LogP contribution in [-0.2, 0) is 6.54 Å². The van der Waals surface area contributed by atoms with Crippen molar-refractivity contribution in [2.45, 2.75) is 12.6 Å². The summed E-state index contributed by atoms with van der Waals surface area (Å²) in [5, 5.41) is 21.3. The van der Waals surface area contributed by atoms with E-state index in [0.29, 0.717) is 39.8 Å². The molecule has 8 heteroatoms. The van der Waals surface area contributed by atoms with Crippen molar-refractivity contribution in [3.63, 3.8) is 0 Å². The smallest absolute Gasteiger partial charge is 0.352 e. The lowest BCUT2D eigenvalue weighted by molar-refractivity contribution is 0.0686. The Morgan fingerprint density at radius 2 is 1.93 bits per heavy atom. The molecule has 0 spiro atoms. The van der Waals surface area contributed by atoms with Gasteiger partial charge in [0.2, 0.25) is 0 Å². The molecular weight excluding hydrogens is 415 g/mol. The quantitative estimate of drug-likeness (QED) is 0.558. The van der Waals surface area contributed by atoms with E-state index in [9.17, 15) is 15.0 Å². The van der Waals surface area contributed by atoms with E-state index < -0.39 is 12.1 Å². The number of hydrogen-bond acceptors (Lipinski definition) is 4. The van der Waals surface area contributed by atoms with Gasteiger partial charge in [-0.15, -0.1) is 0 Å². The molecule has 0 aliphatic heterocycles. The number of hydrogen-bond donors (Lipinski definition) is 2. The van der Waals surface area contributed by atoms with Crippen LogP contribution >= 0.6 is 23.2 Å². The van der Waals surface area contributed by atoms with Crippen molar-refractivity contribution in [3.8, 4) is 5.75 Å². The molecule has 29 heavy (non-hydrogen) atoms. The largest absolute Gasteiger partial charge is 0.490 e. The highest BCUT2D eigenvalue weighted by molar-refractivity contribution is 6.42. The van der Waals surface area contributed by atoms with Crippen molar-refractivity contribution in [2.75, 3.05) is 27.2 Å². The number of aliphatic hydroxyl groups is 1. The number of carbonyl (C=O) groups is 1. The molecule has 0 bridgehead atoms. The number of rotatable bonds is 8. The number of fused-ring (bicyclic) bond motifs is 1. The summed E-state index contributed by atoms with van der Waals surface area (Å²) in [6.07, 6.45) is -0.655. The Hall–Kier alpha value is -2.25. The summed E-state index contributed by atoms with van der Waals surface area (Å²) >= 11 is 12.1. The molecule has 0 saturated carbocycles. The average molecular weight is 437 g/mol. The predicted octanol–water partition coefficient (Wildman–Crippen LogP) is 4.00. The van der Waals surface area contributed by atoms with Gasteiger partial charge in [0.1, 0.15) is 24.2 Å². The van der Waals surface area contributed by atoms with Gasteiger partial charge in [-0.2, -0.15) is 0 Å². The number of aromatic nitrogens is 1. The van der Waals surface area contributed by atoms with Crippen LogP contribution in [0.1, 0.15) is 16.1 Å². The number of benzene rings is 2. The van der Waals surface area contributed by atoms with Gasteiger partial charge in [-0.25, -0.2) is 4.79 Å². The van der Waals surface area contributed by atoms with Crippen LogP contribution in [0.15, 0.2) is 42.5 Å². The molecule has 1 unspecified atom stereocenters. The Morgan fingerprint density at radius 3 is 2.59 bits per heavy atom. The van der Waals surface area contributed by atoms with Gasteiger partial charge in [0.05, 0.1) is 15.6 Å². The summed E-state index contributed by atoms with van der Waals surface area (Å²) in [5.41, 5.74) is 1.68. The fourth-order valence-corrected chi connectivity index (χ4v) is 3.53. The van der Waals surface area contributed by atoms with Gasteiger partial charge in [-0.1, -0.05) is 35.3 Å². The Labute approximate surface area is 178 Å². The Morgan fingerprint density at radius 1 is 1.17 bits per heavy atom. The van der Waals surface area contributed by atoms with Crippen LogP contribution in [0.2, 0.25) is 10.0 Å². The van der Waals surface area contributed by atoms with Gasteiger partial charge < -0.3 is 24.4 Å². The number of carboxylic acids is 1. The third-order valence-corrected chi connectivity index (χ3v) is 5.20. The fraction of sp³-hybridized carbons (Fsp3) is 0.286. The summed E-state index contributed by atoms with van der Waals surface area (Å²) in [5.74, 6) is -0.518. The minimum atomic E-state index is -1.04. The topological polar surface area (TPSA) is 74.9 Å². The second-order valence-electron chi connectivity index (χ2n) is 7.09. The second-order valence-corrected chi connectivity index (χ2v) is 7.90. The van der Waals surface area contributed by atoms with Gasteiger partial charge >= 0.3 is 5.97 Å². The molecule has 3 aromatic rings. The molecular formula is C21H22Cl2N2O4. The van der Waals surface area contributed by atoms with E-state index in [-0.39, 0.29) is 12.3 Å². The van der Waals surface area contributed by atoms with Crippen LogP contribution in [-0.4, -0.2) is 59.0 Å². The molecule has 1 aromatic heterocycles. The van der Waals surface area contributed by atoms with Crippen molar-refractivity contribution in [2.24, 2.45) is 0 Å². The summed E-state index contributed by atoms with van der Waals surface area (Å²) in [6.45, 7) is 0.890. The number of carboxylic acid groups (broad SMARTS) is 1. The van der Waals surface area contributed by atoms with E-state index in [0.717, 1.165) is 5.56 Å². The molecule has 2 aromatic carbocycles. The maximum absolute atomic E-state index is 11.8. The third kappa shape index (κ3) is 5.03.